The van der Waals surface area contributed by atoms with E-state index in [2.05, 4.69) is 4.74 Å². The fourth-order valence-electron chi connectivity index (χ4n) is 2.73. The van der Waals surface area contributed by atoms with Gasteiger partial charge in [0.2, 0.25) is 0 Å². The lowest BCUT2D eigenvalue weighted by molar-refractivity contribution is -0.120. The Morgan fingerprint density at radius 1 is 1.04 bits per heavy atom. The van der Waals surface area contributed by atoms with Crippen molar-refractivity contribution in [2.75, 3.05) is 7.11 Å². The summed E-state index contributed by atoms with van der Waals surface area (Å²) >= 11 is 0. The summed E-state index contributed by atoms with van der Waals surface area (Å²) in [6, 6.07) is 11.9. The molecule has 0 amide bonds. The van der Waals surface area contributed by atoms with Crippen LogP contribution < -0.4 is 5.73 Å². The number of rotatable bonds is 7. The highest BCUT2D eigenvalue weighted by atomic mass is 19.1. The van der Waals surface area contributed by atoms with Crippen LogP contribution >= 0.6 is 0 Å². The summed E-state index contributed by atoms with van der Waals surface area (Å²) in [5.74, 6) is -0.851. The lowest BCUT2D eigenvalue weighted by atomic mass is 9.88. The van der Waals surface area contributed by atoms with E-state index in [0.717, 1.165) is 12.0 Å². The largest absolute Gasteiger partial charge is 0.465 e. The molecule has 0 spiro atoms. The van der Waals surface area contributed by atoms with Crippen LogP contribution in [0.4, 0.5) is 4.39 Å². The van der Waals surface area contributed by atoms with Crippen molar-refractivity contribution in [1.29, 1.82) is 0 Å². The summed E-state index contributed by atoms with van der Waals surface area (Å²) in [6.45, 7) is 2.00. The average Bonchev–Trinajstić information content (AvgIpc) is 2.65. The molecule has 2 N–H and O–H groups in total. The van der Waals surface area contributed by atoms with E-state index in [9.17, 15) is 14.0 Å². The SMILES string of the molecule is CC[C@@H](CC(=O)C(N)c1ccc(F)cc1)c1ccc(C(=O)OC)cc1. The summed E-state index contributed by atoms with van der Waals surface area (Å²) in [5.41, 5.74) is 8.05. The van der Waals surface area contributed by atoms with Crippen LogP contribution in [0, 0.1) is 5.82 Å². The Morgan fingerprint density at radius 3 is 2.12 bits per heavy atom. The van der Waals surface area contributed by atoms with Crippen molar-refractivity contribution in [2.24, 2.45) is 5.73 Å². The summed E-state index contributed by atoms with van der Waals surface area (Å²) in [6.07, 6.45) is 1.05. The molecule has 2 aromatic rings. The lowest BCUT2D eigenvalue weighted by Gasteiger charge is -2.18. The van der Waals surface area contributed by atoms with Gasteiger partial charge in [-0.1, -0.05) is 31.2 Å². The van der Waals surface area contributed by atoms with E-state index in [1.807, 2.05) is 19.1 Å². The Bertz CT molecular complexity index is 726. The minimum atomic E-state index is -0.774. The molecule has 0 aliphatic heterocycles. The maximum absolute atomic E-state index is 13.0. The molecule has 0 aliphatic carbocycles. The second-order valence-electron chi connectivity index (χ2n) is 5.92. The zero-order chi connectivity index (χ0) is 18.4. The van der Waals surface area contributed by atoms with Gasteiger partial charge in [0.05, 0.1) is 18.7 Å². The number of nitrogens with two attached hydrogens (primary N) is 1. The summed E-state index contributed by atoms with van der Waals surface area (Å²) in [5, 5.41) is 0. The average molecular weight is 343 g/mol. The smallest absolute Gasteiger partial charge is 0.337 e. The van der Waals surface area contributed by atoms with Gasteiger partial charge >= 0.3 is 5.97 Å². The molecule has 0 aliphatic rings. The first kappa shape index (κ1) is 18.8. The van der Waals surface area contributed by atoms with Crippen molar-refractivity contribution < 1.29 is 18.7 Å². The van der Waals surface area contributed by atoms with Crippen molar-refractivity contribution in [1.82, 2.24) is 0 Å². The molecule has 4 nitrogen and oxygen atoms in total. The molecule has 1 unspecified atom stereocenters. The molecule has 132 valence electrons. The number of ether oxygens (including phenoxy) is 1. The number of hydrogen-bond donors (Lipinski definition) is 1. The number of methoxy groups -OCH3 is 1. The predicted molar refractivity (Wildman–Crippen MR) is 93.8 cm³/mol. The Labute approximate surface area is 146 Å². The van der Waals surface area contributed by atoms with Crippen LogP contribution in [-0.4, -0.2) is 18.9 Å². The topological polar surface area (TPSA) is 69.4 Å². The quantitative estimate of drug-likeness (QED) is 0.777. The number of ketones is 1. The van der Waals surface area contributed by atoms with E-state index in [0.29, 0.717) is 11.1 Å². The normalized spacial score (nSPS) is 13.1. The van der Waals surface area contributed by atoms with Crippen molar-refractivity contribution in [3.63, 3.8) is 0 Å². The molecular weight excluding hydrogens is 321 g/mol. The summed E-state index contributed by atoms with van der Waals surface area (Å²) < 4.78 is 17.7. The summed E-state index contributed by atoms with van der Waals surface area (Å²) in [4.78, 5) is 24.0. The Morgan fingerprint density at radius 2 is 1.60 bits per heavy atom. The zero-order valence-corrected chi connectivity index (χ0v) is 14.4. The molecular formula is C20H22FNO3. The molecule has 0 radical (unpaired) electrons. The maximum atomic E-state index is 13.0. The Kier molecular flexibility index (Phi) is 6.42. The molecule has 0 aromatic heterocycles. The van der Waals surface area contributed by atoms with Crippen molar-refractivity contribution >= 4 is 11.8 Å². The van der Waals surface area contributed by atoms with Gasteiger partial charge in [0.25, 0.3) is 0 Å². The van der Waals surface area contributed by atoms with Gasteiger partial charge in [-0.3, -0.25) is 4.79 Å². The van der Waals surface area contributed by atoms with Crippen LogP contribution in [-0.2, 0) is 9.53 Å². The van der Waals surface area contributed by atoms with Gasteiger partial charge in [0.1, 0.15) is 5.82 Å². The fourth-order valence-corrected chi connectivity index (χ4v) is 2.73. The molecule has 0 heterocycles. The monoisotopic (exact) mass is 343 g/mol. The third-order valence-corrected chi connectivity index (χ3v) is 4.32. The van der Waals surface area contributed by atoms with Crippen LogP contribution in [0.1, 0.15) is 53.2 Å². The van der Waals surface area contributed by atoms with E-state index >= 15 is 0 Å². The number of Topliss-reactive ketones (excluding diaryl/α,β-unsaturated/α-hetero) is 1. The van der Waals surface area contributed by atoms with Gasteiger partial charge in [-0.15, -0.1) is 0 Å². The molecule has 0 saturated carbocycles. The van der Waals surface area contributed by atoms with E-state index < -0.39 is 12.0 Å². The number of carbonyl (C=O) groups excluding carboxylic acids is 2. The van der Waals surface area contributed by atoms with Crippen LogP contribution in [0.5, 0.6) is 0 Å². The van der Waals surface area contributed by atoms with Gasteiger partial charge in [0, 0.05) is 6.42 Å². The first-order valence-electron chi connectivity index (χ1n) is 8.18. The van der Waals surface area contributed by atoms with E-state index in [-0.39, 0.29) is 23.9 Å². The molecule has 5 heteroatoms. The number of carbonyl (C=O) groups is 2. The van der Waals surface area contributed by atoms with Crippen molar-refractivity contribution in [2.45, 2.75) is 31.7 Å². The summed E-state index contributed by atoms with van der Waals surface area (Å²) in [7, 11) is 1.33. The first-order chi connectivity index (χ1) is 12.0. The number of hydrogen-bond acceptors (Lipinski definition) is 4. The zero-order valence-electron chi connectivity index (χ0n) is 14.4. The molecule has 0 bridgehead atoms. The third-order valence-electron chi connectivity index (χ3n) is 4.32. The number of benzene rings is 2. The van der Waals surface area contributed by atoms with E-state index in [1.54, 1.807) is 12.1 Å². The third kappa shape index (κ3) is 4.73. The first-order valence-corrected chi connectivity index (χ1v) is 8.18. The highest BCUT2D eigenvalue weighted by Crippen LogP contribution is 2.27. The fraction of sp³-hybridized carbons (Fsp3) is 0.300. The molecule has 2 aromatic carbocycles. The predicted octanol–water partition coefficient (Wildman–Crippen LogP) is 3.77. The van der Waals surface area contributed by atoms with Crippen LogP contribution in [0.2, 0.25) is 0 Å². The van der Waals surface area contributed by atoms with Crippen molar-refractivity contribution in [3.8, 4) is 0 Å². The molecule has 0 fully saturated rings. The Balaban J connectivity index is 2.09. The highest BCUT2D eigenvalue weighted by Gasteiger charge is 2.21. The van der Waals surface area contributed by atoms with Crippen LogP contribution in [0.25, 0.3) is 0 Å². The van der Waals surface area contributed by atoms with Gasteiger partial charge in [-0.05, 0) is 47.7 Å². The van der Waals surface area contributed by atoms with Crippen LogP contribution in [0.3, 0.4) is 0 Å². The minimum Gasteiger partial charge on any atom is -0.465 e. The standard InChI is InChI=1S/C20H22FNO3/c1-3-13(14-4-6-16(7-5-14)20(24)25-2)12-18(23)19(22)15-8-10-17(21)11-9-15/h4-11,13,19H,3,12,22H2,1-2H3/t13-,19?/m0/s1. The van der Waals surface area contributed by atoms with Gasteiger partial charge in [-0.25, -0.2) is 9.18 Å². The van der Waals surface area contributed by atoms with Gasteiger partial charge in [0.15, 0.2) is 5.78 Å². The molecule has 2 atom stereocenters. The van der Waals surface area contributed by atoms with E-state index in [4.69, 9.17) is 5.73 Å². The second kappa shape index (κ2) is 8.53. The lowest BCUT2D eigenvalue weighted by Crippen LogP contribution is -2.23. The van der Waals surface area contributed by atoms with E-state index in [1.165, 1.54) is 31.4 Å². The van der Waals surface area contributed by atoms with Gasteiger partial charge < -0.3 is 10.5 Å². The maximum Gasteiger partial charge on any atom is 0.337 e. The molecule has 25 heavy (non-hydrogen) atoms. The van der Waals surface area contributed by atoms with Gasteiger partial charge in [-0.2, -0.15) is 0 Å². The highest BCUT2D eigenvalue weighted by molar-refractivity contribution is 5.89. The van der Waals surface area contributed by atoms with Crippen LogP contribution in [0.15, 0.2) is 48.5 Å². The van der Waals surface area contributed by atoms with Crippen molar-refractivity contribution in [3.05, 3.63) is 71.0 Å². The number of esters is 1. The number of halogens is 1. The minimum absolute atomic E-state index is 0.00527. The molecule has 0 saturated heterocycles. The second-order valence-corrected chi connectivity index (χ2v) is 5.92. The molecule has 2 rings (SSSR count). The Hall–Kier alpha value is -2.53.